The van der Waals surface area contributed by atoms with Crippen LogP contribution in [0.5, 0.6) is 0 Å². The van der Waals surface area contributed by atoms with Gasteiger partial charge in [0.25, 0.3) is 0 Å². The molecule has 0 aliphatic heterocycles. The number of esters is 1. The van der Waals surface area contributed by atoms with E-state index in [4.69, 9.17) is 4.74 Å². The average Bonchev–Trinajstić information content (AvgIpc) is 2.89. The molecule has 0 saturated heterocycles. The quantitative estimate of drug-likeness (QED) is 0.272. The zero-order valence-corrected chi connectivity index (χ0v) is 27.8. The minimum Gasteiger partial charge on any atom is -0.467 e. The predicted octanol–water partition coefficient (Wildman–Crippen LogP) is 7.46. The molecule has 0 radical (unpaired) electrons. The van der Waals surface area contributed by atoms with Gasteiger partial charge in [0.15, 0.2) is 0 Å². The van der Waals surface area contributed by atoms with Crippen LogP contribution in [0.15, 0.2) is 11.6 Å². The fourth-order valence-electron chi connectivity index (χ4n) is 11.5. The maximum atomic E-state index is 14.4. The summed E-state index contributed by atoms with van der Waals surface area (Å²) in [5.74, 6) is 0.994. The van der Waals surface area contributed by atoms with Gasteiger partial charge in [-0.25, -0.2) is 4.79 Å². The van der Waals surface area contributed by atoms with Crippen LogP contribution in [-0.2, 0) is 14.3 Å². The molecule has 0 spiro atoms. The van der Waals surface area contributed by atoms with Crippen molar-refractivity contribution in [1.82, 2.24) is 5.32 Å². The van der Waals surface area contributed by atoms with Crippen molar-refractivity contribution < 1.29 is 19.4 Å². The minimum atomic E-state index is -0.617. The zero-order chi connectivity index (χ0) is 30.4. The van der Waals surface area contributed by atoms with Crippen LogP contribution in [0.1, 0.15) is 127 Å². The molecule has 2 N–H and O–H groups in total. The van der Waals surface area contributed by atoms with Gasteiger partial charge >= 0.3 is 5.97 Å². The number of hydrogen-bond acceptors (Lipinski definition) is 4. The van der Waals surface area contributed by atoms with Gasteiger partial charge in [0.1, 0.15) is 6.04 Å². The Bertz CT molecular complexity index is 1110. The van der Waals surface area contributed by atoms with E-state index in [1.165, 1.54) is 20.0 Å². The lowest BCUT2D eigenvalue weighted by Gasteiger charge is -2.71. The number of allylic oxidation sites excluding steroid dienone is 2. The van der Waals surface area contributed by atoms with Crippen molar-refractivity contribution in [2.45, 2.75) is 139 Å². The SMILES string of the molecule is COC(=O)[C@H](NC(=O)[C@]12CCC(C)(C)C[C@@H]1C1=CC[C@@H]3[C@@]4(C)CC[C@H](O)C(C)(C)[C@@H]4CC[C@@]3(C)[C@]1(C)CC2)C(C)C. The molecule has 4 saturated carbocycles. The van der Waals surface area contributed by atoms with E-state index < -0.39 is 11.5 Å². The summed E-state index contributed by atoms with van der Waals surface area (Å²) in [6.07, 6.45) is 12.7. The molecule has 5 nitrogen and oxygen atoms in total. The van der Waals surface area contributed by atoms with Crippen LogP contribution < -0.4 is 5.32 Å². The Balaban J connectivity index is 1.55. The summed E-state index contributed by atoms with van der Waals surface area (Å²) in [5, 5.41) is 14.2. The number of methoxy groups -OCH3 is 1. The molecule has 0 heterocycles. The molecule has 5 aliphatic carbocycles. The molecule has 5 heteroatoms. The van der Waals surface area contributed by atoms with Crippen LogP contribution in [0.25, 0.3) is 0 Å². The molecule has 4 fully saturated rings. The van der Waals surface area contributed by atoms with E-state index in [-0.39, 0.29) is 56.9 Å². The van der Waals surface area contributed by atoms with Crippen molar-refractivity contribution in [2.24, 2.45) is 56.2 Å². The maximum Gasteiger partial charge on any atom is 0.328 e. The van der Waals surface area contributed by atoms with E-state index in [1.807, 2.05) is 13.8 Å². The average molecular weight is 570 g/mol. The number of rotatable bonds is 4. The van der Waals surface area contributed by atoms with Crippen LogP contribution in [0.2, 0.25) is 0 Å². The number of hydrogen-bond donors (Lipinski definition) is 2. The first kappa shape index (κ1) is 31.1. The molecular weight excluding hydrogens is 510 g/mol. The number of amides is 1. The zero-order valence-electron chi connectivity index (χ0n) is 27.8. The van der Waals surface area contributed by atoms with Gasteiger partial charge in [-0.1, -0.05) is 74.0 Å². The normalized spacial score (nSPS) is 45.2. The molecule has 5 aliphatic rings. The molecule has 232 valence electrons. The van der Waals surface area contributed by atoms with E-state index in [0.29, 0.717) is 11.8 Å². The third kappa shape index (κ3) is 4.32. The maximum absolute atomic E-state index is 14.4. The lowest BCUT2D eigenvalue weighted by atomic mass is 9.33. The lowest BCUT2D eigenvalue weighted by Crippen LogP contribution is -2.66. The highest BCUT2D eigenvalue weighted by atomic mass is 16.5. The highest BCUT2D eigenvalue weighted by Crippen LogP contribution is 2.75. The Labute approximate surface area is 250 Å². The van der Waals surface area contributed by atoms with Gasteiger partial charge in [0.05, 0.1) is 18.6 Å². The second kappa shape index (κ2) is 9.83. The van der Waals surface area contributed by atoms with Crippen molar-refractivity contribution in [3.8, 4) is 0 Å². The topological polar surface area (TPSA) is 75.6 Å². The largest absolute Gasteiger partial charge is 0.467 e. The third-order valence-electron chi connectivity index (χ3n) is 14.5. The van der Waals surface area contributed by atoms with Crippen molar-refractivity contribution >= 4 is 11.9 Å². The number of aliphatic hydroxyl groups excluding tert-OH is 1. The molecule has 0 unspecified atom stereocenters. The Hall–Kier alpha value is -1.36. The molecule has 5 rings (SSSR count). The molecular formula is C36H59NO4. The fraction of sp³-hybridized carbons (Fsp3) is 0.889. The van der Waals surface area contributed by atoms with Crippen molar-refractivity contribution in [2.75, 3.05) is 7.11 Å². The van der Waals surface area contributed by atoms with Gasteiger partial charge < -0.3 is 15.2 Å². The smallest absolute Gasteiger partial charge is 0.328 e. The summed E-state index contributed by atoms with van der Waals surface area (Å²) in [7, 11) is 1.41. The van der Waals surface area contributed by atoms with Crippen LogP contribution >= 0.6 is 0 Å². The highest BCUT2D eigenvalue weighted by molar-refractivity contribution is 5.89. The molecule has 9 atom stereocenters. The first-order valence-electron chi connectivity index (χ1n) is 16.7. The second-order valence-electron chi connectivity index (χ2n) is 17.5. The summed E-state index contributed by atoms with van der Waals surface area (Å²) in [6, 6.07) is -0.617. The van der Waals surface area contributed by atoms with Crippen LogP contribution in [0.4, 0.5) is 0 Å². The summed E-state index contributed by atoms with van der Waals surface area (Å²) < 4.78 is 5.10. The summed E-state index contributed by atoms with van der Waals surface area (Å²) in [4.78, 5) is 27.1. The molecule has 0 aromatic rings. The first-order valence-corrected chi connectivity index (χ1v) is 16.7. The van der Waals surface area contributed by atoms with E-state index in [9.17, 15) is 14.7 Å². The summed E-state index contributed by atoms with van der Waals surface area (Å²) >= 11 is 0. The van der Waals surface area contributed by atoms with Gasteiger partial charge in [-0.05, 0) is 115 Å². The Morgan fingerprint density at radius 3 is 2.22 bits per heavy atom. The summed E-state index contributed by atoms with van der Waals surface area (Å²) in [5.41, 5.74) is 1.62. The molecule has 0 bridgehead atoms. The van der Waals surface area contributed by atoms with Crippen LogP contribution in [0, 0.1) is 56.2 Å². The molecule has 0 aromatic carbocycles. The number of ether oxygens (including phenoxy) is 1. The van der Waals surface area contributed by atoms with Crippen molar-refractivity contribution in [3.63, 3.8) is 0 Å². The highest BCUT2D eigenvalue weighted by Gasteiger charge is 2.69. The van der Waals surface area contributed by atoms with Crippen molar-refractivity contribution in [3.05, 3.63) is 11.6 Å². The molecule has 1 amide bonds. The predicted molar refractivity (Wildman–Crippen MR) is 164 cm³/mol. The molecule has 41 heavy (non-hydrogen) atoms. The Morgan fingerprint density at radius 1 is 0.927 bits per heavy atom. The Morgan fingerprint density at radius 2 is 1.59 bits per heavy atom. The van der Waals surface area contributed by atoms with Gasteiger partial charge in [0, 0.05) is 0 Å². The lowest BCUT2D eigenvalue weighted by molar-refractivity contribution is -0.203. The third-order valence-corrected chi connectivity index (χ3v) is 14.5. The number of carbonyl (C=O) groups is 2. The monoisotopic (exact) mass is 569 g/mol. The van der Waals surface area contributed by atoms with E-state index in [2.05, 4.69) is 59.9 Å². The van der Waals surface area contributed by atoms with E-state index in [0.717, 1.165) is 51.4 Å². The Kier molecular flexibility index (Phi) is 7.45. The van der Waals surface area contributed by atoms with E-state index >= 15 is 0 Å². The number of fused-ring (bicyclic) bond motifs is 7. The molecule has 0 aromatic heterocycles. The van der Waals surface area contributed by atoms with Gasteiger partial charge in [-0.2, -0.15) is 0 Å². The number of carbonyl (C=O) groups excluding carboxylic acids is 2. The second-order valence-corrected chi connectivity index (χ2v) is 17.5. The number of aliphatic hydroxyl groups is 1. The van der Waals surface area contributed by atoms with Gasteiger partial charge in [0.2, 0.25) is 5.91 Å². The van der Waals surface area contributed by atoms with Crippen molar-refractivity contribution in [1.29, 1.82) is 0 Å². The van der Waals surface area contributed by atoms with Gasteiger partial charge in [-0.3, -0.25) is 4.79 Å². The minimum absolute atomic E-state index is 0.0297. The van der Waals surface area contributed by atoms with Gasteiger partial charge in [-0.15, -0.1) is 0 Å². The van der Waals surface area contributed by atoms with E-state index in [1.54, 1.807) is 5.57 Å². The fourth-order valence-corrected chi connectivity index (χ4v) is 11.5. The van der Waals surface area contributed by atoms with Crippen LogP contribution in [-0.4, -0.2) is 36.2 Å². The number of nitrogens with one attached hydrogen (secondary N) is 1. The first-order chi connectivity index (χ1) is 18.9. The van der Waals surface area contributed by atoms with Crippen LogP contribution in [0.3, 0.4) is 0 Å². The summed E-state index contributed by atoms with van der Waals surface area (Å²) in [6.45, 7) is 21.0. The standard InChI is InChI=1S/C36H59NO4/c1-22(2)28(29(39)41-10)37-30(40)36-19-17-31(3,4)21-24(36)23-11-12-26-33(7)15-14-27(38)32(5,6)25(33)13-16-35(26,9)34(23,8)18-20-36/h11,22,24-28,38H,12-21H2,1-10H3,(H,37,40)/t24-,25+,26-,27+,28-,33+,34-,35-,36+/m1/s1.